The lowest BCUT2D eigenvalue weighted by Crippen LogP contribution is -2.40. The molecule has 1 amide bonds. The minimum Gasteiger partial charge on any atom is -0.396 e. The van der Waals surface area contributed by atoms with E-state index in [1.54, 1.807) is 0 Å². The summed E-state index contributed by atoms with van der Waals surface area (Å²) in [4.78, 5) is 18.9. The van der Waals surface area contributed by atoms with E-state index in [0.717, 1.165) is 43.9 Å². The number of nitrogens with one attached hydrogen (secondary N) is 2. The summed E-state index contributed by atoms with van der Waals surface area (Å²) < 4.78 is 0. The van der Waals surface area contributed by atoms with Crippen molar-refractivity contribution < 1.29 is 9.90 Å². The molecule has 0 aliphatic rings. The number of amides is 1. The Morgan fingerprint density at radius 1 is 1.07 bits per heavy atom. The van der Waals surface area contributed by atoms with Crippen LogP contribution in [0.25, 0.3) is 0 Å². The molecule has 1 atom stereocenters. The van der Waals surface area contributed by atoms with E-state index in [-0.39, 0.29) is 36.5 Å². The summed E-state index contributed by atoms with van der Waals surface area (Å²) in [7, 11) is 0. The largest absolute Gasteiger partial charge is 0.396 e. The summed E-state index contributed by atoms with van der Waals surface area (Å²) in [6, 6.07) is 7.69. The number of hydrogen-bond donors (Lipinski definition) is 3. The van der Waals surface area contributed by atoms with Gasteiger partial charge in [0.15, 0.2) is 5.96 Å². The third kappa shape index (κ3) is 10.3. The van der Waals surface area contributed by atoms with E-state index in [1.807, 2.05) is 49.9 Å². The molecule has 0 aliphatic carbocycles. The molecule has 0 spiro atoms. The molecule has 1 rings (SSSR count). The van der Waals surface area contributed by atoms with Crippen LogP contribution in [0.15, 0.2) is 29.3 Å². The Hall–Kier alpha value is -1.35. The quantitative estimate of drug-likeness (QED) is 0.224. The number of guanidine groups is 1. The van der Waals surface area contributed by atoms with Crippen LogP contribution < -0.4 is 10.6 Å². The van der Waals surface area contributed by atoms with E-state index in [4.69, 9.17) is 0 Å². The molecule has 0 aliphatic heterocycles. The summed E-state index contributed by atoms with van der Waals surface area (Å²) >= 11 is 0. The van der Waals surface area contributed by atoms with Gasteiger partial charge in [-0.1, -0.05) is 25.5 Å². The van der Waals surface area contributed by atoms with Crippen molar-refractivity contribution in [3.8, 4) is 0 Å². The van der Waals surface area contributed by atoms with Crippen LogP contribution in [0.2, 0.25) is 0 Å². The van der Waals surface area contributed by atoms with Crippen molar-refractivity contribution in [2.24, 2.45) is 10.9 Å². The lowest BCUT2D eigenvalue weighted by molar-refractivity contribution is 0.0773. The summed E-state index contributed by atoms with van der Waals surface area (Å²) in [6.45, 7) is 12.0. The number of aliphatic imine (C=N–C) groups is 1. The molecule has 0 radical (unpaired) electrons. The van der Waals surface area contributed by atoms with Crippen molar-refractivity contribution in [3.63, 3.8) is 0 Å². The van der Waals surface area contributed by atoms with Gasteiger partial charge in [-0.2, -0.15) is 0 Å². The Bertz CT molecular complexity index is 583. The van der Waals surface area contributed by atoms with Crippen molar-refractivity contribution in [2.75, 3.05) is 32.8 Å². The number of hydrogen-bond acceptors (Lipinski definition) is 3. The number of rotatable bonds is 12. The van der Waals surface area contributed by atoms with Gasteiger partial charge in [-0.05, 0) is 57.2 Å². The first-order valence-corrected chi connectivity index (χ1v) is 10.6. The van der Waals surface area contributed by atoms with Gasteiger partial charge in [0.2, 0.25) is 0 Å². The molecule has 0 heterocycles. The second kappa shape index (κ2) is 16.4. The summed E-state index contributed by atoms with van der Waals surface area (Å²) in [5, 5.41) is 15.9. The first-order chi connectivity index (χ1) is 13.6. The highest BCUT2D eigenvalue weighted by atomic mass is 127. The van der Waals surface area contributed by atoms with Gasteiger partial charge < -0.3 is 20.6 Å². The minimum atomic E-state index is 0. The maximum atomic E-state index is 12.4. The number of nitrogens with zero attached hydrogens (tertiary/aromatic N) is 2. The molecule has 0 saturated carbocycles. The van der Waals surface area contributed by atoms with E-state index < -0.39 is 0 Å². The number of aliphatic hydroxyl groups excluding tert-OH is 1. The standard InChI is InChI=1S/C22H38N4O2.HI/c1-5-9-18(14-15-27)16-24-22(23-6-2)25-17-19-10-12-20(13-11-19)21(28)26(7-3)8-4;/h10-13,18,27H,5-9,14-17H2,1-4H3,(H2,23,24,25);1H. The van der Waals surface area contributed by atoms with Crippen LogP contribution in [0.3, 0.4) is 0 Å². The number of benzene rings is 1. The lowest BCUT2D eigenvalue weighted by atomic mass is 10.0. The Morgan fingerprint density at radius 3 is 2.24 bits per heavy atom. The topological polar surface area (TPSA) is 77.0 Å². The third-order valence-corrected chi connectivity index (χ3v) is 4.81. The predicted octanol–water partition coefficient (Wildman–Crippen LogP) is 3.64. The fourth-order valence-corrected chi connectivity index (χ4v) is 3.14. The Morgan fingerprint density at radius 2 is 1.72 bits per heavy atom. The number of carbonyl (C=O) groups excluding carboxylic acids is 1. The van der Waals surface area contributed by atoms with Crippen molar-refractivity contribution in [3.05, 3.63) is 35.4 Å². The smallest absolute Gasteiger partial charge is 0.253 e. The Labute approximate surface area is 193 Å². The van der Waals surface area contributed by atoms with Crippen LogP contribution in [-0.4, -0.2) is 54.7 Å². The average molecular weight is 518 g/mol. The predicted molar refractivity (Wildman–Crippen MR) is 132 cm³/mol. The zero-order valence-corrected chi connectivity index (χ0v) is 20.7. The molecule has 0 fully saturated rings. The van der Waals surface area contributed by atoms with Crippen LogP contribution in [0.1, 0.15) is 62.9 Å². The summed E-state index contributed by atoms with van der Waals surface area (Å²) in [6.07, 6.45) is 3.01. The molecule has 0 aromatic heterocycles. The molecule has 1 aromatic carbocycles. The van der Waals surface area contributed by atoms with Gasteiger partial charge in [-0.3, -0.25) is 4.79 Å². The molecule has 0 saturated heterocycles. The van der Waals surface area contributed by atoms with E-state index in [2.05, 4.69) is 22.5 Å². The third-order valence-electron chi connectivity index (χ3n) is 4.81. The van der Waals surface area contributed by atoms with Gasteiger partial charge in [-0.15, -0.1) is 24.0 Å². The van der Waals surface area contributed by atoms with Gasteiger partial charge in [0.05, 0.1) is 6.54 Å². The zero-order chi connectivity index (χ0) is 20.8. The normalized spacial score (nSPS) is 12.1. The van der Waals surface area contributed by atoms with Gasteiger partial charge in [0.1, 0.15) is 0 Å². The molecular weight excluding hydrogens is 479 g/mol. The molecule has 0 bridgehead atoms. The average Bonchev–Trinajstić information content (AvgIpc) is 2.71. The maximum absolute atomic E-state index is 12.4. The van der Waals surface area contributed by atoms with E-state index in [1.165, 1.54) is 0 Å². The molecule has 166 valence electrons. The van der Waals surface area contributed by atoms with E-state index in [9.17, 15) is 9.90 Å². The Balaban J connectivity index is 0.00000784. The van der Waals surface area contributed by atoms with Gasteiger partial charge in [0.25, 0.3) is 5.91 Å². The SMILES string of the molecule is CCCC(CCO)CNC(=NCc1ccc(C(=O)N(CC)CC)cc1)NCC.I. The van der Waals surface area contributed by atoms with Gasteiger partial charge in [0, 0.05) is 38.3 Å². The van der Waals surface area contributed by atoms with Crippen LogP contribution in [0, 0.1) is 5.92 Å². The van der Waals surface area contributed by atoms with E-state index in [0.29, 0.717) is 31.1 Å². The fourth-order valence-electron chi connectivity index (χ4n) is 3.14. The maximum Gasteiger partial charge on any atom is 0.253 e. The molecule has 1 aromatic rings. The fraction of sp³-hybridized carbons (Fsp3) is 0.636. The highest BCUT2D eigenvalue weighted by molar-refractivity contribution is 14.0. The molecule has 1 unspecified atom stereocenters. The number of aliphatic hydroxyl groups is 1. The van der Waals surface area contributed by atoms with Crippen LogP contribution in [0.5, 0.6) is 0 Å². The second-order valence-corrected chi connectivity index (χ2v) is 6.92. The van der Waals surface area contributed by atoms with Crippen molar-refractivity contribution >= 4 is 35.8 Å². The second-order valence-electron chi connectivity index (χ2n) is 6.92. The highest BCUT2D eigenvalue weighted by Gasteiger charge is 2.12. The highest BCUT2D eigenvalue weighted by Crippen LogP contribution is 2.10. The summed E-state index contributed by atoms with van der Waals surface area (Å²) in [5.41, 5.74) is 1.78. The molecule has 7 heteroatoms. The molecule has 3 N–H and O–H groups in total. The van der Waals surface area contributed by atoms with Crippen LogP contribution >= 0.6 is 24.0 Å². The van der Waals surface area contributed by atoms with Crippen molar-refractivity contribution in [1.29, 1.82) is 0 Å². The number of carbonyl (C=O) groups is 1. The summed E-state index contributed by atoms with van der Waals surface area (Å²) in [5.74, 6) is 1.30. The molecular formula is C22H39IN4O2. The molecule has 6 nitrogen and oxygen atoms in total. The van der Waals surface area contributed by atoms with E-state index >= 15 is 0 Å². The van der Waals surface area contributed by atoms with Crippen LogP contribution in [0.4, 0.5) is 0 Å². The van der Waals surface area contributed by atoms with Crippen molar-refractivity contribution in [2.45, 2.75) is 53.5 Å². The monoisotopic (exact) mass is 518 g/mol. The molecule has 29 heavy (non-hydrogen) atoms. The van der Waals surface area contributed by atoms with Gasteiger partial charge >= 0.3 is 0 Å². The first-order valence-electron chi connectivity index (χ1n) is 10.6. The lowest BCUT2D eigenvalue weighted by Gasteiger charge is -2.19. The zero-order valence-electron chi connectivity index (χ0n) is 18.4. The first kappa shape index (κ1) is 27.6. The minimum absolute atomic E-state index is 0. The number of halogens is 1. The van der Waals surface area contributed by atoms with Crippen LogP contribution in [-0.2, 0) is 6.54 Å². The van der Waals surface area contributed by atoms with Crippen molar-refractivity contribution in [1.82, 2.24) is 15.5 Å². The van der Waals surface area contributed by atoms with Gasteiger partial charge in [-0.25, -0.2) is 4.99 Å². The Kier molecular flexibility index (Phi) is 15.7.